The molecule has 1 aromatic heterocycles. The fourth-order valence-corrected chi connectivity index (χ4v) is 3.97. The zero-order chi connectivity index (χ0) is 23.2. The number of nitriles is 1. The van der Waals surface area contributed by atoms with E-state index in [0.29, 0.717) is 10.6 Å². The zero-order valence-electron chi connectivity index (χ0n) is 16.9. The Morgan fingerprint density at radius 3 is 2.52 bits per heavy atom. The molecule has 11 heteroatoms. The lowest BCUT2D eigenvalue weighted by Crippen LogP contribution is -2.26. The molecule has 7 nitrogen and oxygen atoms in total. The van der Waals surface area contributed by atoms with Gasteiger partial charge >= 0.3 is 12.1 Å². The highest BCUT2D eigenvalue weighted by Crippen LogP contribution is 2.24. The van der Waals surface area contributed by atoms with Crippen molar-refractivity contribution in [3.8, 4) is 6.07 Å². The van der Waals surface area contributed by atoms with Crippen LogP contribution in [0.25, 0.3) is 0 Å². The summed E-state index contributed by atoms with van der Waals surface area (Å²) in [5.74, 6) is -2.77. The van der Waals surface area contributed by atoms with Crippen molar-refractivity contribution in [2.24, 2.45) is 0 Å². The molecule has 1 aliphatic heterocycles. The molecule has 0 fully saturated rings. The summed E-state index contributed by atoms with van der Waals surface area (Å²) in [5.41, 5.74) is 2.93. The highest BCUT2D eigenvalue weighted by molar-refractivity contribution is 7.13. The van der Waals surface area contributed by atoms with E-state index in [-0.39, 0.29) is 5.91 Å². The number of thiazole rings is 1. The van der Waals surface area contributed by atoms with E-state index in [1.807, 2.05) is 18.2 Å². The van der Waals surface area contributed by atoms with Crippen molar-refractivity contribution in [1.82, 2.24) is 14.8 Å². The van der Waals surface area contributed by atoms with Crippen LogP contribution in [0, 0.1) is 11.3 Å². The number of carboxylic acids is 1. The Morgan fingerprint density at radius 1 is 1.29 bits per heavy atom. The van der Waals surface area contributed by atoms with Crippen molar-refractivity contribution in [3.63, 3.8) is 0 Å². The molecule has 1 aliphatic rings. The van der Waals surface area contributed by atoms with Gasteiger partial charge in [-0.2, -0.15) is 18.4 Å². The molecule has 0 spiro atoms. The molecule has 0 saturated heterocycles. The minimum absolute atomic E-state index is 0.0155. The summed E-state index contributed by atoms with van der Waals surface area (Å²) in [6.07, 6.45) is -3.30. The van der Waals surface area contributed by atoms with Crippen LogP contribution >= 0.6 is 11.3 Å². The van der Waals surface area contributed by atoms with Gasteiger partial charge < -0.3 is 10.0 Å². The topological polar surface area (TPSA) is 97.5 Å². The maximum absolute atomic E-state index is 12.1. The van der Waals surface area contributed by atoms with E-state index >= 15 is 0 Å². The second-order valence-electron chi connectivity index (χ2n) is 6.98. The third kappa shape index (κ3) is 7.04. The third-order valence-electron chi connectivity index (χ3n) is 4.39. The Balaban J connectivity index is 0.000000423. The molecule has 0 unspecified atom stereocenters. The summed E-state index contributed by atoms with van der Waals surface area (Å²) >= 11 is 1.53. The van der Waals surface area contributed by atoms with Crippen LogP contribution in [-0.2, 0) is 24.2 Å². The average molecular weight is 454 g/mol. The largest absolute Gasteiger partial charge is 0.490 e. The summed E-state index contributed by atoms with van der Waals surface area (Å²) in [7, 11) is 3.51. The lowest BCUT2D eigenvalue weighted by Gasteiger charge is -2.19. The molecule has 0 aliphatic carbocycles. The monoisotopic (exact) mass is 454 g/mol. The first-order valence-electron chi connectivity index (χ1n) is 9.23. The maximum Gasteiger partial charge on any atom is 0.490 e. The molecule has 0 bridgehead atoms. The molecule has 0 radical (unpaired) electrons. The number of hydrogen-bond donors (Lipinski definition) is 1. The Hall–Kier alpha value is -2.97. The number of fused-ring (bicyclic) bond motifs is 1. The summed E-state index contributed by atoms with van der Waals surface area (Å²) in [5, 5.41) is 16.7. The van der Waals surface area contributed by atoms with Gasteiger partial charge in [0, 0.05) is 45.0 Å². The summed E-state index contributed by atoms with van der Waals surface area (Å²) in [4.78, 5) is 30.7. The molecule has 3 rings (SSSR count). The van der Waals surface area contributed by atoms with Gasteiger partial charge in [0.2, 0.25) is 0 Å². The first kappa shape index (κ1) is 24.3. The number of benzene rings is 1. The number of carbonyl (C=O) groups is 2. The number of carboxylic acid groups (broad SMARTS) is 1. The predicted molar refractivity (Wildman–Crippen MR) is 108 cm³/mol. The minimum Gasteiger partial charge on any atom is -0.475 e. The number of rotatable bonds is 3. The predicted octanol–water partition coefficient (Wildman–Crippen LogP) is 2.95. The lowest BCUT2D eigenvalue weighted by atomic mass is 10.1. The second-order valence-corrected chi connectivity index (χ2v) is 8.06. The molecular formula is C20H21F3N4O3S. The Labute approximate surface area is 181 Å². The lowest BCUT2D eigenvalue weighted by molar-refractivity contribution is -0.192. The quantitative estimate of drug-likeness (QED) is 0.766. The van der Waals surface area contributed by atoms with E-state index < -0.39 is 12.1 Å². The van der Waals surface area contributed by atoms with Gasteiger partial charge in [0.15, 0.2) is 5.01 Å². The van der Waals surface area contributed by atoms with Crippen molar-refractivity contribution in [3.05, 3.63) is 51.0 Å². The second kappa shape index (κ2) is 10.4. The SMILES string of the molecule is CN(C)C(=O)c1nc2c(s1)CCN(Cc1cccc(C#N)c1)CC2.O=C(O)C(F)(F)F. The number of aromatic nitrogens is 1. The van der Waals surface area contributed by atoms with Gasteiger partial charge in [-0.05, 0) is 24.1 Å². The van der Waals surface area contributed by atoms with Crippen LogP contribution in [0.5, 0.6) is 0 Å². The average Bonchev–Trinajstić information content (AvgIpc) is 3.03. The van der Waals surface area contributed by atoms with Crippen LogP contribution < -0.4 is 0 Å². The highest BCUT2D eigenvalue weighted by Gasteiger charge is 2.38. The molecule has 2 aromatic rings. The van der Waals surface area contributed by atoms with Gasteiger partial charge in [-0.15, -0.1) is 11.3 Å². The molecule has 0 saturated carbocycles. The van der Waals surface area contributed by atoms with Crippen molar-refractivity contribution in [2.45, 2.75) is 25.6 Å². The third-order valence-corrected chi connectivity index (χ3v) is 5.54. The van der Waals surface area contributed by atoms with Crippen molar-refractivity contribution in [1.29, 1.82) is 5.26 Å². The van der Waals surface area contributed by atoms with Crippen LogP contribution in [-0.4, -0.2) is 65.1 Å². The van der Waals surface area contributed by atoms with Crippen LogP contribution in [0.15, 0.2) is 24.3 Å². The summed E-state index contributed by atoms with van der Waals surface area (Å²) in [6, 6.07) is 9.97. The number of amides is 1. The van der Waals surface area contributed by atoms with Gasteiger partial charge in [-0.25, -0.2) is 9.78 Å². The van der Waals surface area contributed by atoms with Gasteiger partial charge in [0.1, 0.15) is 0 Å². The van der Waals surface area contributed by atoms with E-state index in [2.05, 4.69) is 22.0 Å². The molecule has 0 atom stereocenters. The molecular weight excluding hydrogens is 433 g/mol. The maximum atomic E-state index is 12.1. The molecule has 166 valence electrons. The molecule has 1 aromatic carbocycles. The van der Waals surface area contributed by atoms with Crippen LogP contribution in [0.3, 0.4) is 0 Å². The Kier molecular flexibility index (Phi) is 8.13. The number of aliphatic carboxylic acids is 1. The first-order chi connectivity index (χ1) is 14.5. The van der Waals surface area contributed by atoms with E-state index in [9.17, 15) is 18.0 Å². The first-order valence-corrected chi connectivity index (χ1v) is 10.0. The highest BCUT2D eigenvalue weighted by atomic mass is 32.1. The normalized spacial score (nSPS) is 13.8. The number of carbonyl (C=O) groups excluding carboxylic acids is 1. The number of alkyl halides is 3. The molecule has 1 amide bonds. The Morgan fingerprint density at radius 2 is 1.94 bits per heavy atom. The van der Waals surface area contributed by atoms with Crippen molar-refractivity contribution < 1.29 is 27.9 Å². The van der Waals surface area contributed by atoms with E-state index in [1.54, 1.807) is 19.0 Å². The molecule has 2 heterocycles. The minimum atomic E-state index is -5.08. The fourth-order valence-electron chi connectivity index (χ4n) is 2.85. The van der Waals surface area contributed by atoms with Gasteiger partial charge in [0.25, 0.3) is 5.91 Å². The van der Waals surface area contributed by atoms with Gasteiger partial charge in [-0.3, -0.25) is 9.69 Å². The number of nitrogens with zero attached hydrogens (tertiary/aromatic N) is 4. The van der Waals surface area contributed by atoms with E-state index in [4.69, 9.17) is 15.2 Å². The summed E-state index contributed by atoms with van der Waals surface area (Å²) < 4.78 is 31.7. The Bertz CT molecular complexity index is 957. The molecule has 31 heavy (non-hydrogen) atoms. The van der Waals surface area contributed by atoms with Crippen LogP contribution in [0.4, 0.5) is 13.2 Å². The van der Waals surface area contributed by atoms with Gasteiger partial charge in [-0.1, -0.05) is 12.1 Å². The van der Waals surface area contributed by atoms with Crippen molar-refractivity contribution in [2.75, 3.05) is 27.2 Å². The molecule has 1 N–H and O–H groups in total. The van der Waals surface area contributed by atoms with Gasteiger partial charge in [0.05, 0.1) is 17.3 Å². The smallest absolute Gasteiger partial charge is 0.475 e. The zero-order valence-corrected chi connectivity index (χ0v) is 17.8. The van der Waals surface area contributed by atoms with Crippen LogP contribution in [0.1, 0.15) is 31.5 Å². The van der Waals surface area contributed by atoms with E-state index in [1.165, 1.54) is 16.2 Å². The van der Waals surface area contributed by atoms with E-state index in [0.717, 1.165) is 43.7 Å². The summed E-state index contributed by atoms with van der Waals surface area (Å²) in [6.45, 7) is 2.71. The van der Waals surface area contributed by atoms with Crippen LogP contribution in [0.2, 0.25) is 0 Å². The fraction of sp³-hybridized carbons (Fsp3) is 0.400. The standard InChI is InChI=1S/C18H20N4OS.C2HF3O2/c1-21(2)18(23)17-20-15-6-8-22(9-7-16(15)24-17)12-14-5-3-4-13(10-14)11-19;3-2(4,5)1(6)7/h3-5,10H,6-9,12H2,1-2H3;(H,6,7). The van der Waals surface area contributed by atoms with Crippen molar-refractivity contribution >= 4 is 23.2 Å². The number of hydrogen-bond acceptors (Lipinski definition) is 6. The number of halogens is 3.